The third-order valence-corrected chi connectivity index (χ3v) is 6.03. The lowest BCUT2D eigenvalue weighted by atomic mass is 10.2. The number of aryl methyl sites for hydroxylation is 2. The molecule has 0 unspecified atom stereocenters. The highest BCUT2D eigenvalue weighted by atomic mass is 32.2. The monoisotopic (exact) mass is 383 g/mol. The summed E-state index contributed by atoms with van der Waals surface area (Å²) in [6.07, 6.45) is 0. The number of nitrogens with zero attached hydrogens (tertiary/aromatic N) is 1. The van der Waals surface area contributed by atoms with Gasteiger partial charge in [0.15, 0.2) is 11.6 Å². The smallest absolute Gasteiger partial charge is 0.268 e. The number of rotatable bonds is 3. The van der Waals surface area contributed by atoms with E-state index in [2.05, 4.69) is 11.8 Å². The maximum Gasteiger partial charge on any atom is 0.268 e. The summed E-state index contributed by atoms with van der Waals surface area (Å²) in [5.74, 6) is 5.43. The van der Waals surface area contributed by atoms with Gasteiger partial charge in [-0.25, -0.2) is 16.8 Å². The predicted octanol–water partition coefficient (Wildman–Crippen LogP) is 3.89. The zero-order valence-electron chi connectivity index (χ0n) is 15.2. The van der Waals surface area contributed by atoms with E-state index in [1.807, 2.05) is 0 Å². The minimum Gasteiger partial charge on any atom is -0.494 e. The van der Waals surface area contributed by atoms with E-state index in [0.717, 1.165) is 0 Å². The van der Waals surface area contributed by atoms with Gasteiger partial charge in [-0.15, -0.1) is 0 Å². The van der Waals surface area contributed by atoms with Crippen LogP contribution in [0.25, 0.3) is 0 Å². The zero-order chi connectivity index (χ0) is 19.6. The van der Waals surface area contributed by atoms with Gasteiger partial charge in [-0.1, -0.05) is 11.8 Å². The molecule has 0 amide bonds. The van der Waals surface area contributed by atoms with Crippen molar-refractivity contribution in [3.05, 3.63) is 82.9 Å². The second-order valence-corrected chi connectivity index (χ2v) is 7.80. The first kappa shape index (κ1) is 18.7. The van der Waals surface area contributed by atoms with Crippen molar-refractivity contribution in [2.24, 2.45) is 0 Å². The predicted molar refractivity (Wildman–Crippen MR) is 102 cm³/mol. The summed E-state index contributed by atoms with van der Waals surface area (Å²) in [6.45, 7) is 3.50. The lowest BCUT2D eigenvalue weighted by Gasteiger charge is -2.10. The number of methoxy groups -OCH3 is 1. The fourth-order valence-corrected chi connectivity index (χ4v) is 4.31. The van der Waals surface area contributed by atoms with Gasteiger partial charge in [-0.05, 0) is 68.4 Å². The normalized spacial score (nSPS) is 11.0. The molecule has 3 rings (SSSR count). The molecular formula is C21H18FNO3S. The van der Waals surface area contributed by atoms with E-state index in [-0.39, 0.29) is 10.6 Å². The first-order valence-corrected chi connectivity index (χ1v) is 9.63. The summed E-state index contributed by atoms with van der Waals surface area (Å²) in [6, 6.07) is 14.3. The minimum absolute atomic E-state index is 0.158. The van der Waals surface area contributed by atoms with Gasteiger partial charge in [-0.3, -0.25) is 0 Å². The Morgan fingerprint density at radius 2 is 1.44 bits per heavy atom. The van der Waals surface area contributed by atoms with E-state index in [1.165, 1.54) is 35.3 Å². The largest absolute Gasteiger partial charge is 0.494 e. The van der Waals surface area contributed by atoms with Gasteiger partial charge in [0, 0.05) is 22.5 Å². The van der Waals surface area contributed by atoms with Crippen LogP contribution in [0, 0.1) is 31.5 Å². The molecular weight excluding hydrogens is 365 g/mol. The molecule has 0 N–H and O–H groups in total. The maximum absolute atomic E-state index is 13.7. The summed E-state index contributed by atoms with van der Waals surface area (Å²) < 4.78 is 45.5. The Kier molecular flexibility index (Phi) is 5.06. The molecule has 0 radical (unpaired) electrons. The highest BCUT2D eigenvalue weighted by molar-refractivity contribution is 7.90. The number of hydrogen-bond donors (Lipinski definition) is 0. The Labute approximate surface area is 158 Å². The van der Waals surface area contributed by atoms with Gasteiger partial charge in [0.2, 0.25) is 0 Å². The van der Waals surface area contributed by atoms with Crippen LogP contribution in [0.3, 0.4) is 0 Å². The van der Waals surface area contributed by atoms with Gasteiger partial charge in [0.1, 0.15) is 0 Å². The SMILES string of the molecule is COc1ccc(C#Cc2ccc(S(=O)(=O)n3c(C)ccc3C)cc2)cc1F. The molecule has 3 aromatic rings. The molecule has 0 saturated heterocycles. The van der Waals surface area contributed by atoms with Crippen molar-refractivity contribution in [1.82, 2.24) is 3.97 Å². The molecule has 0 spiro atoms. The molecule has 0 aliphatic carbocycles. The van der Waals surface area contributed by atoms with Crippen LogP contribution in [-0.2, 0) is 10.0 Å². The first-order valence-electron chi connectivity index (χ1n) is 8.19. The van der Waals surface area contributed by atoms with Crippen LogP contribution >= 0.6 is 0 Å². The van der Waals surface area contributed by atoms with Crippen LogP contribution in [0.4, 0.5) is 4.39 Å². The topological polar surface area (TPSA) is 48.3 Å². The van der Waals surface area contributed by atoms with E-state index in [1.54, 1.807) is 44.2 Å². The quantitative estimate of drug-likeness (QED) is 0.645. The number of benzene rings is 2. The lowest BCUT2D eigenvalue weighted by Crippen LogP contribution is -2.15. The Hall–Kier alpha value is -3.04. The van der Waals surface area contributed by atoms with Crippen molar-refractivity contribution in [1.29, 1.82) is 0 Å². The third-order valence-electron chi connectivity index (χ3n) is 4.10. The molecule has 0 atom stereocenters. The average Bonchev–Trinajstić information content (AvgIpc) is 2.99. The molecule has 1 heterocycles. The van der Waals surface area contributed by atoms with Crippen LogP contribution in [0.2, 0.25) is 0 Å². The van der Waals surface area contributed by atoms with E-state index in [4.69, 9.17) is 4.74 Å². The van der Waals surface area contributed by atoms with Crippen LogP contribution < -0.4 is 4.74 Å². The van der Waals surface area contributed by atoms with Crippen LogP contribution in [0.15, 0.2) is 59.5 Å². The molecule has 0 bridgehead atoms. The molecule has 2 aromatic carbocycles. The molecule has 138 valence electrons. The Morgan fingerprint density at radius 1 is 0.889 bits per heavy atom. The van der Waals surface area contributed by atoms with Gasteiger partial charge in [-0.2, -0.15) is 0 Å². The summed E-state index contributed by atoms with van der Waals surface area (Å²) >= 11 is 0. The maximum atomic E-state index is 13.7. The summed E-state index contributed by atoms with van der Waals surface area (Å²) in [7, 11) is -2.25. The van der Waals surface area contributed by atoms with Crippen molar-refractivity contribution in [2.75, 3.05) is 7.11 Å². The second-order valence-electron chi connectivity index (χ2n) is 6.01. The Balaban J connectivity index is 1.88. The van der Waals surface area contributed by atoms with Gasteiger partial charge in [0.05, 0.1) is 12.0 Å². The number of hydrogen-bond acceptors (Lipinski definition) is 3. The van der Waals surface area contributed by atoms with Crippen molar-refractivity contribution >= 4 is 10.0 Å². The molecule has 4 nitrogen and oxygen atoms in total. The molecule has 0 aliphatic rings. The zero-order valence-corrected chi connectivity index (χ0v) is 16.0. The summed E-state index contributed by atoms with van der Waals surface area (Å²) in [5, 5.41) is 0. The molecule has 27 heavy (non-hydrogen) atoms. The van der Waals surface area contributed by atoms with Crippen LogP contribution in [0.5, 0.6) is 5.75 Å². The standard InChI is InChI=1S/C21H18FNO3S/c1-15-4-5-16(2)23(15)27(24,25)19-11-8-17(9-12-19)6-7-18-10-13-21(26-3)20(22)14-18/h4-5,8-14H,1-3H3. The summed E-state index contributed by atoms with van der Waals surface area (Å²) in [5.41, 5.74) is 2.44. The third kappa shape index (κ3) is 3.74. The molecule has 0 saturated carbocycles. The van der Waals surface area contributed by atoms with Crippen molar-refractivity contribution in [2.45, 2.75) is 18.7 Å². The average molecular weight is 383 g/mol. The Morgan fingerprint density at radius 3 is 2.00 bits per heavy atom. The van der Waals surface area contributed by atoms with Crippen LogP contribution in [-0.4, -0.2) is 19.5 Å². The van der Waals surface area contributed by atoms with E-state index < -0.39 is 15.8 Å². The van der Waals surface area contributed by atoms with E-state index in [0.29, 0.717) is 22.5 Å². The highest BCUT2D eigenvalue weighted by Gasteiger charge is 2.19. The highest BCUT2D eigenvalue weighted by Crippen LogP contribution is 2.20. The molecule has 0 aliphatic heterocycles. The second kappa shape index (κ2) is 7.29. The van der Waals surface area contributed by atoms with Gasteiger partial charge >= 0.3 is 0 Å². The molecule has 0 fully saturated rings. The lowest BCUT2D eigenvalue weighted by molar-refractivity contribution is 0.386. The van der Waals surface area contributed by atoms with Crippen molar-refractivity contribution in [3.8, 4) is 17.6 Å². The number of aromatic nitrogens is 1. The molecule has 1 aromatic heterocycles. The van der Waals surface area contributed by atoms with E-state index in [9.17, 15) is 12.8 Å². The number of ether oxygens (including phenoxy) is 1. The van der Waals surface area contributed by atoms with Crippen LogP contribution in [0.1, 0.15) is 22.5 Å². The van der Waals surface area contributed by atoms with Gasteiger partial charge in [0.25, 0.3) is 10.0 Å². The van der Waals surface area contributed by atoms with Gasteiger partial charge < -0.3 is 4.74 Å². The fraction of sp³-hybridized carbons (Fsp3) is 0.143. The molecule has 6 heteroatoms. The minimum atomic E-state index is -3.65. The Bertz CT molecular complexity index is 1130. The van der Waals surface area contributed by atoms with Crippen molar-refractivity contribution < 1.29 is 17.5 Å². The first-order chi connectivity index (χ1) is 12.8. The fourth-order valence-electron chi connectivity index (χ4n) is 2.74. The van der Waals surface area contributed by atoms with E-state index >= 15 is 0 Å². The van der Waals surface area contributed by atoms with Crippen molar-refractivity contribution in [3.63, 3.8) is 0 Å². The summed E-state index contributed by atoms with van der Waals surface area (Å²) in [4.78, 5) is 0.186. The number of halogens is 1.